The smallest absolute Gasteiger partial charge is 0.0928 e. The number of nitrogens with zero attached hydrogens (tertiary/aromatic N) is 2. The van der Waals surface area contributed by atoms with Gasteiger partial charge in [-0.3, -0.25) is 4.68 Å². The Morgan fingerprint density at radius 2 is 1.89 bits per heavy atom. The maximum Gasteiger partial charge on any atom is 0.0928 e. The van der Waals surface area contributed by atoms with E-state index in [1.54, 1.807) is 0 Å². The first-order valence-electron chi connectivity index (χ1n) is 6.79. The molecule has 0 radical (unpaired) electrons. The van der Waals surface area contributed by atoms with E-state index in [0.29, 0.717) is 0 Å². The third-order valence-electron chi connectivity index (χ3n) is 3.94. The summed E-state index contributed by atoms with van der Waals surface area (Å²) in [6.07, 6.45) is 1.00. The lowest BCUT2D eigenvalue weighted by atomic mass is 9.97. The number of benzene rings is 1. The topological polar surface area (TPSA) is 29.9 Å². The lowest BCUT2D eigenvalue weighted by Crippen LogP contribution is -2.12. The quantitative estimate of drug-likeness (QED) is 0.912. The highest BCUT2D eigenvalue weighted by molar-refractivity contribution is 5.66. The lowest BCUT2D eigenvalue weighted by Gasteiger charge is -2.08. The molecule has 3 nitrogen and oxygen atoms in total. The van der Waals surface area contributed by atoms with Crippen LogP contribution < -0.4 is 5.32 Å². The molecule has 1 N–H and O–H groups in total. The average molecular weight is 257 g/mol. The number of hydrogen-bond acceptors (Lipinski definition) is 2. The zero-order valence-corrected chi connectivity index (χ0v) is 12.5. The molecule has 0 atom stereocenters. The molecule has 0 aliphatic rings. The monoisotopic (exact) mass is 257 g/mol. The summed E-state index contributed by atoms with van der Waals surface area (Å²) in [7, 11) is 4.00. The molecular formula is C16H23N3. The highest BCUT2D eigenvalue weighted by Gasteiger charge is 2.11. The summed E-state index contributed by atoms with van der Waals surface area (Å²) in [6, 6.07) is 6.57. The van der Waals surface area contributed by atoms with E-state index in [1.165, 1.54) is 27.9 Å². The average Bonchev–Trinajstić information content (AvgIpc) is 2.75. The van der Waals surface area contributed by atoms with Crippen molar-refractivity contribution in [3.63, 3.8) is 0 Å². The predicted octanol–water partition coefficient (Wildman–Crippen LogP) is 2.77. The summed E-state index contributed by atoms with van der Waals surface area (Å²) < 4.78 is 1.99. The van der Waals surface area contributed by atoms with E-state index in [2.05, 4.69) is 49.4 Å². The van der Waals surface area contributed by atoms with Crippen molar-refractivity contribution in [2.45, 2.75) is 27.2 Å². The highest BCUT2D eigenvalue weighted by atomic mass is 15.3. The van der Waals surface area contributed by atoms with Gasteiger partial charge in [0.05, 0.1) is 5.69 Å². The number of aryl methyl sites for hydroxylation is 2. The standard InChI is InChI=1S/C16H23N3/c1-11-6-7-15(13(3)12(11)2)16-10-14(8-9-17-4)19(5)18-16/h6-7,10,17H,8-9H2,1-5H3. The summed E-state index contributed by atoms with van der Waals surface area (Å²) in [4.78, 5) is 0. The second kappa shape index (κ2) is 5.57. The third kappa shape index (κ3) is 2.71. The number of rotatable bonds is 4. The van der Waals surface area contributed by atoms with Crippen LogP contribution in [0, 0.1) is 20.8 Å². The van der Waals surface area contributed by atoms with Gasteiger partial charge < -0.3 is 5.32 Å². The largest absolute Gasteiger partial charge is 0.319 e. The van der Waals surface area contributed by atoms with Crippen LogP contribution >= 0.6 is 0 Å². The van der Waals surface area contributed by atoms with Gasteiger partial charge >= 0.3 is 0 Å². The molecule has 0 spiro atoms. The fourth-order valence-electron chi connectivity index (χ4n) is 2.36. The fourth-order valence-corrected chi connectivity index (χ4v) is 2.36. The Bertz CT molecular complexity index is 582. The van der Waals surface area contributed by atoms with Gasteiger partial charge in [0.25, 0.3) is 0 Å². The van der Waals surface area contributed by atoms with Crippen molar-refractivity contribution >= 4 is 0 Å². The number of likely N-dealkylation sites (N-methyl/N-ethyl adjacent to an activating group) is 1. The van der Waals surface area contributed by atoms with Crippen molar-refractivity contribution in [2.24, 2.45) is 7.05 Å². The molecule has 1 aromatic carbocycles. The van der Waals surface area contributed by atoms with Crippen molar-refractivity contribution in [1.82, 2.24) is 15.1 Å². The number of aromatic nitrogens is 2. The van der Waals surface area contributed by atoms with Crippen LogP contribution in [0.3, 0.4) is 0 Å². The van der Waals surface area contributed by atoms with Crippen LogP contribution in [0.15, 0.2) is 18.2 Å². The number of hydrogen-bond donors (Lipinski definition) is 1. The van der Waals surface area contributed by atoms with Gasteiger partial charge in [-0.25, -0.2) is 0 Å². The van der Waals surface area contributed by atoms with Gasteiger partial charge in [0.15, 0.2) is 0 Å². The van der Waals surface area contributed by atoms with Crippen LogP contribution in [0.4, 0.5) is 0 Å². The Morgan fingerprint density at radius 3 is 2.58 bits per heavy atom. The lowest BCUT2D eigenvalue weighted by molar-refractivity contribution is 0.682. The van der Waals surface area contributed by atoms with Gasteiger partial charge in [0, 0.05) is 31.3 Å². The summed E-state index contributed by atoms with van der Waals surface area (Å²) in [6.45, 7) is 7.49. The minimum absolute atomic E-state index is 0.977. The van der Waals surface area contributed by atoms with Gasteiger partial charge in [-0.15, -0.1) is 0 Å². The Kier molecular flexibility index (Phi) is 4.05. The molecule has 2 aromatic rings. The molecular weight excluding hydrogens is 234 g/mol. The third-order valence-corrected chi connectivity index (χ3v) is 3.94. The normalized spacial score (nSPS) is 11.0. The summed E-state index contributed by atoms with van der Waals surface area (Å²) >= 11 is 0. The predicted molar refractivity (Wildman–Crippen MR) is 80.5 cm³/mol. The molecule has 0 unspecified atom stereocenters. The van der Waals surface area contributed by atoms with Crippen LogP contribution in [-0.4, -0.2) is 23.4 Å². The van der Waals surface area contributed by atoms with E-state index < -0.39 is 0 Å². The maximum absolute atomic E-state index is 4.65. The van der Waals surface area contributed by atoms with Crippen molar-refractivity contribution < 1.29 is 0 Å². The molecule has 0 amide bonds. The van der Waals surface area contributed by atoms with Crippen LogP contribution in [-0.2, 0) is 13.5 Å². The molecule has 3 heteroatoms. The summed E-state index contributed by atoms with van der Waals surface area (Å²) in [5, 5.41) is 7.83. The minimum Gasteiger partial charge on any atom is -0.319 e. The van der Waals surface area contributed by atoms with Gasteiger partial charge in [0.2, 0.25) is 0 Å². The Labute approximate surface area is 115 Å². The summed E-state index contributed by atoms with van der Waals surface area (Å²) in [5.74, 6) is 0. The van der Waals surface area contributed by atoms with Crippen molar-refractivity contribution in [3.8, 4) is 11.3 Å². The van der Waals surface area contributed by atoms with Crippen LogP contribution in [0.2, 0.25) is 0 Å². The fraction of sp³-hybridized carbons (Fsp3) is 0.438. The molecule has 0 saturated heterocycles. The van der Waals surface area contributed by atoms with E-state index in [9.17, 15) is 0 Å². The second-order valence-corrected chi connectivity index (χ2v) is 5.18. The molecule has 19 heavy (non-hydrogen) atoms. The maximum atomic E-state index is 4.65. The first-order chi connectivity index (χ1) is 9.04. The molecule has 1 heterocycles. The van der Waals surface area contributed by atoms with Gasteiger partial charge in [-0.1, -0.05) is 12.1 Å². The van der Waals surface area contributed by atoms with Crippen LogP contribution in [0.5, 0.6) is 0 Å². The Hall–Kier alpha value is -1.61. The highest BCUT2D eigenvalue weighted by Crippen LogP contribution is 2.26. The molecule has 0 bridgehead atoms. The van der Waals surface area contributed by atoms with E-state index in [4.69, 9.17) is 0 Å². The molecule has 1 aromatic heterocycles. The van der Waals surface area contributed by atoms with Gasteiger partial charge in [-0.05, 0) is 50.6 Å². The Balaban J connectivity index is 2.40. The zero-order chi connectivity index (χ0) is 14.0. The summed E-state index contributed by atoms with van der Waals surface area (Å²) in [5.41, 5.74) is 7.62. The SMILES string of the molecule is CNCCc1cc(-c2ccc(C)c(C)c2C)nn1C. The van der Waals surface area contributed by atoms with Gasteiger partial charge in [0.1, 0.15) is 0 Å². The van der Waals surface area contributed by atoms with Crippen molar-refractivity contribution in [1.29, 1.82) is 0 Å². The van der Waals surface area contributed by atoms with Crippen molar-refractivity contribution in [3.05, 3.63) is 40.6 Å². The molecule has 0 aliphatic heterocycles. The van der Waals surface area contributed by atoms with Crippen molar-refractivity contribution in [2.75, 3.05) is 13.6 Å². The first kappa shape index (κ1) is 13.8. The molecule has 2 rings (SSSR count). The number of nitrogens with one attached hydrogen (secondary N) is 1. The molecule has 0 aliphatic carbocycles. The van der Waals surface area contributed by atoms with E-state index in [1.807, 2.05) is 18.8 Å². The van der Waals surface area contributed by atoms with E-state index in [0.717, 1.165) is 18.7 Å². The van der Waals surface area contributed by atoms with E-state index in [-0.39, 0.29) is 0 Å². The minimum atomic E-state index is 0.977. The van der Waals surface area contributed by atoms with E-state index >= 15 is 0 Å². The molecule has 0 fully saturated rings. The van der Waals surface area contributed by atoms with Gasteiger partial charge in [-0.2, -0.15) is 5.10 Å². The van der Waals surface area contributed by atoms with Crippen LogP contribution in [0.25, 0.3) is 11.3 Å². The molecule has 0 saturated carbocycles. The zero-order valence-electron chi connectivity index (χ0n) is 12.5. The van der Waals surface area contributed by atoms with Crippen LogP contribution in [0.1, 0.15) is 22.4 Å². The molecule has 102 valence electrons. The Morgan fingerprint density at radius 1 is 1.16 bits per heavy atom. The first-order valence-corrected chi connectivity index (χ1v) is 6.79. The second-order valence-electron chi connectivity index (χ2n) is 5.18.